The van der Waals surface area contributed by atoms with Crippen LogP contribution in [0.1, 0.15) is 38.7 Å². The average Bonchev–Trinajstić information content (AvgIpc) is 3.60. The molecule has 5 N–H and O–H groups in total. The molecule has 2 aromatic heterocycles. The summed E-state index contributed by atoms with van der Waals surface area (Å²) in [6.07, 6.45) is -3.25. The number of aliphatic hydroxyl groups is 2. The summed E-state index contributed by atoms with van der Waals surface area (Å²) in [6.45, 7) is 4.03. The van der Waals surface area contributed by atoms with E-state index in [0.29, 0.717) is 5.39 Å². The second kappa shape index (κ2) is 13.7. The Morgan fingerprint density at radius 3 is 2.57 bits per heavy atom. The first-order chi connectivity index (χ1) is 23.4. The molecule has 6 rings (SSSR count). The standard InChI is InChI=1S/C33H37N6O9P/c1-19(30(41)46-20(2)21-11-6-5-7-12-21)38-49(43,48-24-16-10-14-22-13-8-9-15-23(22)24)45-17-25-27(40)33(3,42)31(47-25)39-18-35-26-28(39)36-32(34)37-29(26)44-4/h5-16,18-20,25,27,31,40,42H,17H2,1-4H3,(H,38,43)(H2,34,36,37). The molecule has 0 bridgehead atoms. The smallest absolute Gasteiger partial charge is 0.459 e. The first-order valence-electron chi connectivity index (χ1n) is 15.5. The molecule has 0 aliphatic carbocycles. The molecule has 0 saturated carbocycles. The van der Waals surface area contributed by atoms with E-state index in [2.05, 4.69) is 20.0 Å². The van der Waals surface area contributed by atoms with Gasteiger partial charge in [0, 0.05) is 5.39 Å². The van der Waals surface area contributed by atoms with Crippen LogP contribution >= 0.6 is 7.75 Å². The molecular weight excluding hydrogens is 655 g/mol. The summed E-state index contributed by atoms with van der Waals surface area (Å²) in [5, 5.41) is 26.8. The van der Waals surface area contributed by atoms with Crippen LogP contribution in [0, 0.1) is 0 Å². The molecule has 3 aromatic carbocycles. The summed E-state index contributed by atoms with van der Waals surface area (Å²) < 4.78 is 44.8. The topological polar surface area (TPSA) is 202 Å². The van der Waals surface area contributed by atoms with Crippen molar-refractivity contribution in [1.82, 2.24) is 24.6 Å². The third kappa shape index (κ3) is 6.95. The van der Waals surface area contributed by atoms with E-state index >= 15 is 0 Å². The zero-order valence-corrected chi connectivity index (χ0v) is 28.1. The number of nitrogens with zero attached hydrogens (tertiary/aromatic N) is 4. The lowest BCUT2D eigenvalue weighted by Gasteiger charge is -2.27. The van der Waals surface area contributed by atoms with Crippen LogP contribution in [0.4, 0.5) is 5.95 Å². The number of imidazole rings is 1. The van der Waals surface area contributed by atoms with Gasteiger partial charge in [-0.1, -0.05) is 66.7 Å². The van der Waals surface area contributed by atoms with Gasteiger partial charge in [-0.2, -0.15) is 15.1 Å². The highest BCUT2D eigenvalue weighted by Gasteiger charge is 2.54. The van der Waals surface area contributed by atoms with Crippen LogP contribution in [0.5, 0.6) is 11.6 Å². The molecule has 5 aromatic rings. The van der Waals surface area contributed by atoms with Crippen molar-refractivity contribution in [2.24, 2.45) is 0 Å². The van der Waals surface area contributed by atoms with E-state index in [1.54, 1.807) is 31.2 Å². The van der Waals surface area contributed by atoms with Gasteiger partial charge in [0.05, 0.1) is 20.0 Å². The lowest BCUT2D eigenvalue weighted by atomic mass is 9.96. The van der Waals surface area contributed by atoms with E-state index in [1.807, 2.05) is 48.5 Å². The maximum atomic E-state index is 14.5. The van der Waals surface area contributed by atoms with Gasteiger partial charge in [-0.05, 0) is 37.8 Å². The Morgan fingerprint density at radius 1 is 1.10 bits per heavy atom. The fourth-order valence-electron chi connectivity index (χ4n) is 5.62. The number of methoxy groups -OCH3 is 1. The van der Waals surface area contributed by atoms with Gasteiger partial charge in [0.25, 0.3) is 0 Å². The Morgan fingerprint density at radius 2 is 1.82 bits per heavy atom. The number of carbonyl (C=O) groups excluding carboxylic acids is 1. The molecule has 0 radical (unpaired) electrons. The summed E-state index contributed by atoms with van der Waals surface area (Å²) in [6, 6.07) is 20.5. The van der Waals surface area contributed by atoms with Crippen molar-refractivity contribution in [2.75, 3.05) is 19.5 Å². The van der Waals surface area contributed by atoms with Gasteiger partial charge in [0.2, 0.25) is 11.8 Å². The zero-order chi connectivity index (χ0) is 34.9. The van der Waals surface area contributed by atoms with Gasteiger partial charge in [-0.15, -0.1) is 0 Å². The highest BCUT2D eigenvalue weighted by Crippen LogP contribution is 2.48. The molecule has 7 atom stereocenters. The van der Waals surface area contributed by atoms with Gasteiger partial charge in [0.15, 0.2) is 17.4 Å². The molecular formula is C33H37N6O9P. The lowest BCUT2D eigenvalue weighted by Crippen LogP contribution is -2.44. The minimum absolute atomic E-state index is 0.104. The van der Waals surface area contributed by atoms with Crippen LogP contribution in [-0.4, -0.2) is 73.3 Å². The Labute approximate surface area is 281 Å². The molecule has 15 nitrogen and oxygen atoms in total. The molecule has 258 valence electrons. The van der Waals surface area contributed by atoms with E-state index in [1.165, 1.54) is 31.9 Å². The Bertz CT molecular complexity index is 2000. The molecule has 3 heterocycles. The third-order valence-electron chi connectivity index (χ3n) is 8.25. The molecule has 16 heteroatoms. The molecule has 1 aliphatic rings. The molecule has 0 amide bonds. The van der Waals surface area contributed by atoms with E-state index in [4.69, 9.17) is 29.0 Å². The van der Waals surface area contributed by atoms with Gasteiger partial charge in [-0.25, -0.2) is 9.55 Å². The van der Waals surface area contributed by atoms with Gasteiger partial charge in [0.1, 0.15) is 35.7 Å². The maximum Gasteiger partial charge on any atom is 0.459 e. The predicted molar refractivity (Wildman–Crippen MR) is 179 cm³/mol. The number of nitrogens with one attached hydrogen (secondary N) is 1. The van der Waals surface area contributed by atoms with Gasteiger partial charge in [-0.3, -0.25) is 13.9 Å². The van der Waals surface area contributed by atoms with Crippen LogP contribution in [0.25, 0.3) is 21.9 Å². The van der Waals surface area contributed by atoms with Crippen molar-refractivity contribution in [3.05, 3.63) is 84.7 Å². The zero-order valence-electron chi connectivity index (χ0n) is 27.2. The second-order valence-electron chi connectivity index (χ2n) is 11.8. The van der Waals surface area contributed by atoms with Gasteiger partial charge >= 0.3 is 13.7 Å². The Balaban J connectivity index is 1.25. The number of aromatic nitrogens is 4. The van der Waals surface area contributed by atoms with Crippen LogP contribution in [0.2, 0.25) is 0 Å². The van der Waals surface area contributed by atoms with E-state index in [0.717, 1.165) is 10.9 Å². The van der Waals surface area contributed by atoms with Crippen LogP contribution in [0.3, 0.4) is 0 Å². The number of ether oxygens (including phenoxy) is 3. The first kappa shape index (κ1) is 34.2. The Kier molecular flexibility index (Phi) is 9.58. The molecule has 0 spiro atoms. The molecule has 1 saturated heterocycles. The maximum absolute atomic E-state index is 14.5. The number of benzene rings is 3. The van der Waals surface area contributed by atoms with Gasteiger partial charge < -0.3 is 34.7 Å². The number of anilines is 1. The quantitative estimate of drug-likeness (QED) is 0.108. The summed E-state index contributed by atoms with van der Waals surface area (Å²) >= 11 is 0. The van der Waals surface area contributed by atoms with E-state index in [-0.39, 0.29) is 28.7 Å². The summed E-state index contributed by atoms with van der Waals surface area (Å²) in [5.74, 6) is -0.471. The van der Waals surface area contributed by atoms with Crippen molar-refractivity contribution < 1.29 is 42.8 Å². The molecule has 49 heavy (non-hydrogen) atoms. The SMILES string of the molecule is COc1nc(N)nc2c1ncn2C1OC(COP(=O)(NC(C)C(=O)OC(C)c2ccccc2)Oc2cccc3ccccc23)C(O)C1(C)O. The van der Waals surface area contributed by atoms with Crippen LogP contribution in [0.15, 0.2) is 79.1 Å². The van der Waals surface area contributed by atoms with E-state index in [9.17, 15) is 19.6 Å². The number of fused-ring (bicyclic) bond motifs is 2. The average molecular weight is 693 g/mol. The summed E-state index contributed by atoms with van der Waals surface area (Å²) in [5.41, 5.74) is 5.17. The summed E-state index contributed by atoms with van der Waals surface area (Å²) in [4.78, 5) is 25.7. The minimum Gasteiger partial charge on any atom is -0.479 e. The summed E-state index contributed by atoms with van der Waals surface area (Å²) in [7, 11) is -3.02. The predicted octanol–water partition coefficient (Wildman–Crippen LogP) is 4.07. The number of rotatable bonds is 12. The molecule has 7 unspecified atom stereocenters. The number of hydrogen-bond donors (Lipinski definition) is 4. The van der Waals surface area contributed by atoms with Crippen molar-refractivity contribution in [2.45, 2.75) is 57.0 Å². The number of nitrogens with two attached hydrogens (primary N) is 1. The lowest BCUT2D eigenvalue weighted by molar-refractivity contribution is -0.150. The largest absolute Gasteiger partial charge is 0.479 e. The number of esters is 1. The Hall–Kier alpha value is -4.63. The van der Waals surface area contributed by atoms with Crippen molar-refractivity contribution >= 4 is 41.6 Å². The highest BCUT2D eigenvalue weighted by molar-refractivity contribution is 7.52. The minimum atomic E-state index is -4.42. The van der Waals surface area contributed by atoms with Crippen LogP contribution in [-0.2, 0) is 23.4 Å². The molecule has 1 fully saturated rings. The fraction of sp³-hybridized carbons (Fsp3) is 0.333. The fourth-order valence-corrected chi connectivity index (χ4v) is 7.14. The van der Waals surface area contributed by atoms with Crippen molar-refractivity contribution in [3.63, 3.8) is 0 Å². The second-order valence-corrected chi connectivity index (χ2v) is 13.5. The number of aliphatic hydroxyl groups excluding tert-OH is 1. The van der Waals surface area contributed by atoms with E-state index < -0.39 is 56.5 Å². The van der Waals surface area contributed by atoms with Crippen molar-refractivity contribution in [1.29, 1.82) is 0 Å². The third-order valence-corrected chi connectivity index (χ3v) is 9.88. The number of carbonyl (C=O) groups is 1. The van der Waals surface area contributed by atoms with Crippen LogP contribution < -0.4 is 20.1 Å². The number of hydrogen-bond acceptors (Lipinski definition) is 13. The van der Waals surface area contributed by atoms with Crippen molar-refractivity contribution in [3.8, 4) is 11.6 Å². The first-order valence-corrected chi connectivity index (χ1v) is 17.0. The normalized spacial score (nSPS) is 23.2. The number of nitrogen functional groups attached to an aromatic ring is 1. The highest BCUT2D eigenvalue weighted by atomic mass is 31.2. The molecule has 1 aliphatic heterocycles. The monoisotopic (exact) mass is 692 g/mol.